The van der Waals surface area contributed by atoms with E-state index in [4.69, 9.17) is 31.2 Å². The highest BCUT2D eigenvalue weighted by Gasteiger charge is 2.31. The Morgan fingerprint density at radius 2 is 1.06 bits per heavy atom. The van der Waals surface area contributed by atoms with Gasteiger partial charge in [-0.3, -0.25) is 9.59 Å². The molecule has 78 heavy (non-hydrogen) atoms. The molecular weight excluding hydrogens is 1080 g/mol. The van der Waals surface area contributed by atoms with Crippen LogP contribution in [0.1, 0.15) is 35.1 Å². The number of para-hydroxylation sites is 2. The molecule has 10 aromatic rings. The number of rotatable bonds is 18. The zero-order valence-electron chi connectivity index (χ0n) is 41.2. The number of hydrogen-bond acceptors (Lipinski definition) is 20. The SMILES string of the molecule is COc1ccc(Cn2nnc(-c3c(-c4cccc5sc(N)nc45)ccc(CCC(=O)O)c3S(N)(=O)=O)n2)cc1.COc1ccc(Cn2nnnc2-c2c(-c3cccc4sc(N)nc34)ccc(CCC(=O)O)c2S(N)(=O)=O)cc1. The zero-order valence-corrected chi connectivity index (χ0v) is 44.5. The summed E-state index contributed by atoms with van der Waals surface area (Å²) in [5.74, 6) is -0.623. The van der Waals surface area contributed by atoms with Gasteiger partial charge in [0.1, 0.15) is 11.5 Å². The third-order valence-electron chi connectivity index (χ3n) is 12.1. The van der Waals surface area contributed by atoms with Crippen LogP contribution in [-0.4, -0.2) is 104 Å². The molecule has 0 fully saturated rings. The molecule has 0 atom stereocenters. The largest absolute Gasteiger partial charge is 0.497 e. The summed E-state index contributed by atoms with van der Waals surface area (Å²) in [4.78, 5) is 32.4. The van der Waals surface area contributed by atoms with Gasteiger partial charge in [-0.1, -0.05) is 95.5 Å². The zero-order chi connectivity index (χ0) is 55.5. The number of carbonyl (C=O) groups is 2. The van der Waals surface area contributed by atoms with Gasteiger partial charge in [0, 0.05) is 29.5 Å². The van der Waals surface area contributed by atoms with E-state index in [1.165, 1.54) is 32.2 Å². The Morgan fingerprint density at radius 3 is 1.54 bits per heavy atom. The van der Waals surface area contributed by atoms with Crippen molar-refractivity contribution in [2.75, 3.05) is 25.7 Å². The van der Waals surface area contributed by atoms with Crippen molar-refractivity contribution < 1.29 is 46.1 Å². The molecule has 10 N–H and O–H groups in total. The van der Waals surface area contributed by atoms with Gasteiger partial charge in [-0.05, 0) is 98.3 Å². The van der Waals surface area contributed by atoms with Crippen LogP contribution in [0.3, 0.4) is 0 Å². The number of aliphatic carboxylic acids is 2. The second-order valence-corrected chi connectivity index (χ2v) is 22.4. The van der Waals surface area contributed by atoms with Gasteiger partial charge in [-0.2, -0.15) is 4.80 Å². The number of hydrogen-bond donors (Lipinski definition) is 6. The summed E-state index contributed by atoms with van der Waals surface area (Å²) in [7, 11) is -5.60. The van der Waals surface area contributed by atoms with E-state index in [0.717, 1.165) is 20.5 Å². The van der Waals surface area contributed by atoms with E-state index in [9.17, 15) is 36.6 Å². The number of methoxy groups -OCH3 is 2. The van der Waals surface area contributed by atoms with E-state index in [0.29, 0.717) is 55.0 Å². The van der Waals surface area contributed by atoms with Crippen molar-refractivity contribution in [1.82, 2.24) is 50.4 Å². The fourth-order valence-electron chi connectivity index (χ4n) is 8.74. The molecule has 10 rings (SSSR count). The predicted octanol–water partition coefficient (Wildman–Crippen LogP) is 5.84. The molecule has 0 spiro atoms. The highest BCUT2D eigenvalue weighted by molar-refractivity contribution is 7.89. The van der Waals surface area contributed by atoms with Crippen molar-refractivity contribution in [3.8, 4) is 56.5 Å². The lowest BCUT2D eigenvalue weighted by atomic mass is 9.94. The standard InChI is InChI=1S/2C25H23N7O5S2/c1-37-16-9-5-14(6-10-16)13-32-24(29-30-31-32)21-17(18-3-2-4-19-22(18)28-25(26)38-19)11-7-15(8-12-20(33)34)23(21)39(27,35)36;1-37-16-9-5-14(6-10-16)13-32-30-24(29-31-32)21-17(18-3-2-4-19-22(18)28-25(26)38-19)11-7-15(8-12-20(33)34)23(21)39(27,35)36/h2*2-7,9-11H,8,12-13H2,1H3,(H2,26,28)(H,33,34)(H2,27,35,36). The van der Waals surface area contributed by atoms with E-state index < -0.39 is 32.0 Å². The lowest BCUT2D eigenvalue weighted by Gasteiger charge is -2.18. The molecule has 4 heterocycles. The number of carboxylic acid groups (broad SMARTS) is 2. The number of primary sulfonamides is 2. The molecular formula is C50H46N14O10S4. The maximum Gasteiger partial charge on any atom is 0.303 e. The lowest BCUT2D eigenvalue weighted by molar-refractivity contribution is -0.138. The van der Waals surface area contributed by atoms with E-state index in [1.54, 1.807) is 74.9 Å². The number of aryl methyl sites for hydroxylation is 2. The number of nitrogen functional groups attached to an aromatic ring is 2. The van der Waals surface area contributed by atoms with Gasteiger partial charge in [0.2, 0.25) is 25.9 Å². The van der Waals surface area contributed by atoms with Gasteiger partial charge >= 0.3 is 11.9 Å². The Morgan fingerprint density at radius 1 is 0.590 bits per heavy atom. The van der Waals surface area contributed by atoms with E-state index in [-0.39, 0.29) is 82.5 Å². The van der Waals surface area contributed by atoms with Crippen LogP contribution in [0, 0.1) is 0 Å². The first-order valence-corrected chi connectivity index (χ1v) is 27.9. The lowest BCUT2D eigenvalue weighted by Crippen LogP contribution is -2.18. The van der Waals surface area contributed by atoms with Crippen LogP contribution in [0.15, 0.2) is 119 Å². The molecule has 0 saturated carbocycles. The third kappa shape index (κ3) is 11.8. The molecule has 4 aromatic heterocycles. The summed E-state index contributed by atoms with van der Waals surface area (Å²) in [6.07, 6.45) is -0.724. The van der Waals surface area contributed by atoms with Gasteiger partial charge in [0.05, 0.1) is 63.1 Å². The molecule has 0 amide bonds. The van der Waals surface area contributed by atoms with Crippen LogP contribution >= 0.6 is 22.7 Å². The number of fused-ring (bicyclic) bond motifs is 2. The van der Waals surface area contributed by atoms with Gasteiger partial charge in [0.15, 0.2) is 16.1 Å². The van der Waals surface area contributed by atoms with Crippen LogP contribution in [0.5, 0.6) is 11.5 Å². The van der Waals surface area contributed by atoms with Crippen LogP contribution in [0.25, 0.3) is 65.5 Å². The van der Waals surface area contributed by atoms with Crippen LogP contribution in [0.2, 0.25) is 0 Å². The van der Waals surface area contributed by atoms with E-state index >= 15 is 0 Å². The fourth-order valence-corrected chi connectivity index (χ4v) is 12.3. The van der Waals surface area contributed by atoms with Gasteiger partial charge < -0.3 is 31.2 Å². The number of benzene rings is 6. The van der Waals surface area contributed by atoms with Crippen molar-refractivity contribution in [2.45, 2.75) is 48.6 Å². The molecule has 0 radical (unpaired) electrons. The molecule has 0 bridgehead atoms. The van der Waals surface area contributed by atoms with E-state index in [2.05, 4.69) is 40.9 Å². The number of tetrazole rings is 2. The van der Waals surface area contributed by atoms with Crippen molar-refractivity contribution in [2.24, 2.45) is 10.3 Å². The first kappa shape index (κ1) is 54.0. The van der Waals surface area contributed by atoms with Crippen molar-refractivity contribution in [3.63, 3.8) is 0 Å². The second-order valence-electron chi connectivity index (χ2n) is 17.2. The number of carboxylic acids is 2. The molecule has 400 valence electrons. The Bertz CT molecular complexity index is 4130. The summed E-state index contributed by atoms with van der Waals surface area (Å²) in [5, 5.41) is 55.7. The third-order valence-corrected chi connectivity index (χ3v) is 15.9. The smallest absolute Gasteiger partial charge is 0.303 e. The maximum atomic E-state index is 13.1. The first-order chi connectivity index (χ1) is 37.3. The Kier molecular flexibility index (Phi) is 15.5. The Balaban J connectivity index is 0.000000190. The highest BCUT2D eigenvalue weighted by atomic mass is 32.2. The quantitative estimate of drug-likeness (QED) is 0.0587. The van der Waals surface area contributed by atoms with Crippen molar-refractivity contribution in [1.29, 1.82) is 0 Å². The summed E-state index contributed by atoms with van der Waals surface area (Å²) >= 11 is 2.60. The molecule has 0 aliphatic rings. The van der Waals surface area contributed by atoms with Crippen LogP contribution in [-0.2, 0) is 55.6 Å². The summed E-state index contributed by atoms with van der Waals surface area (Å²) in [6, 6.07) is 32.0. The Hall–Kier alpha value is -8.80. The maximum absolute atomic E-state index is 13.1. The molecule has 24 nitrogen and oxygen atoms in total. The fraction of sp³-hybridized carbons (Fsp3) is 0.160. The Labute approximate surface area is 452 Å². The summed E-state index contributed by atoms with van der Waals surface area (Å²) < 4.78 is 65.7. The molecule has 28 heteroatoms. The minimum atomic E-state index is -4.38. The summed E-state index contributed by atoms with van der Waals surface area (Å²) in [5.41, 5.74) is 17.6. The van der Waals surface area contributed by atoms with Gasteiger partial charge in [-0.15, -0.1) is 15.3 Å². The molecule has 0 aliphatic heterocycles. The van der Waals surface area contributed by atoms with Gasteiger partial charge in [-0.25, -0.2) is 41.8 Å². The number of ether oxygens (including phenoxy) is 2. The number of nitrogens with zero attached hydrogens (tertiary/aromatic N) is 10. The normalized spacial score (nSPS) is 11.6. The monoisotopic (exact) mass is 1130 g/mol. The molecule has 0 unspecified atom stereocenters. The average Bonchev–Trinajstić information content (AvgIpc) is 4.38. The van der Waals surface area contributed by atoms with Crippen LogP contribution in [0.4, 0.5) is 10.3 Å². The predicted molar refractivity (Wildman–Crippen MR) is 291 cm³/mol. The van der Waals surface area contributed by atoms with Gasteiger partial charge in [0.25, 0.3) is 0 Å². The summed E-state index contributed by atoms with van der Waals surface area (Å²) in [6.45, 7) is 0.469. The molecule has 0 saturated heterocycles. The second kappa shape index (κ2) is 22.4. The number of aromatic nitrogens is 10. The highest BCUT2D eigenvalue weighted by Crippen LogP contribution is 2.43. The minimum absolute atomic E-state index is 0.0138. The molecule has 6 aromatic carbocycles. The van der Waals surface area contributed by atoms with Crippen molar-refractivity contribution >= 4 is 85.4 Å². The minimum Gasteiger partial charge on any atom is -0.497 e. The molecule has 0 aliphatic carbocycles. The van der Waals surface area contributed by atoms with E-state index in [1.807, 2.05) is 48.5 Å². The topological polar surface area (TPSA) is 378 Å². The number of sulfonamides is 2. The first-order valence-electron chi connectivity index (χ1n) is 23.2. The van der Waals surface area contributed by atoms with Crippen LogP contribution < -0.4 is 31.2 Å². The number of thiazole rings is 2. The number of nitrogens with two attached hydrogens (primary N) is 4. The average molecular weight is 1130 g/mol. The number of anilines is 2. The van der Waals surface area contributed by atoms with Crippen molar-refractivity contribution in [3.05, 3.63) is 131 Å².